The Bertz CT molecular complexity index is 834. The Labute approximate surface area is 228 Å². The molecule has 0 spiro atoms. The number of nitrogens with one attached hydrogen (secondary N) is 2. The fourth-order valence-corrected chi connectivity index (χ4v) is 3.06. The SMILES string of the molecule is CCCCN=C(N)N=C(N)Nc1ccc(Cl)cc1.CCCCN=C(N)NC(N)=NCC(CC)CCCC. The van der Waals surface area contributed by atoms with Crippen molar-refractivity contribution in [1.29, 1.82) is 0 Å². The van der Waals surface area contributed by atoms with Gasteiger partial charge in [0.2, 0.25) is 11.9 Å². The zero-order valence-corrected chi connectivity index (χ0v) is 23.9. The van der Waals surface area contributed by atoms with Crippen LogP contribution in [-0.4, -0.2) is 43.5 Å². The summed E-state index contributed by atoms with van der Waals surface area (Å²) < 4.78 is 0. The molecular formula is C26H49ClN10. The van der Waals surface area contributed by atoms with Gasteiger partial charge in [-0.15, -0.1) is 0 Å². The van der Waals surface area contributed by atoms with Crippen molar-refractivity contribution in [3.63, 3.8) is 0 Å². The lowest BCUT2D eigenvalue weighted by Crippen LogP contribution is -2.42. The molecule has 1 atom stereocenters. The number of benzene rings is 1. The summed E-state index contributed by atoms with van der Waals surface area (Å²) in [6.07, 6.45) is 9.03. The van der Waals surface area contributed by atoms with Crippen LogP contribution in [0.3, 0.4) is 0 Å². The summed E-state index contributed by atoms with van der Waals surface area (Å²) in [4.78, 5) is 16.5. The molecule has 0 aliphatic carbocycles. The number of rotatable bonds is 13. The first-order valence-corrected chi connectivity index (χ1v) is 13.7. The lowest BCUT2D eigenvalue weighted by molar-refractivity contribution is 0.462. The molecule has 0 aromatic heterocycles. The third kappa shape index (κ3) is 19.8. The lowest BCUT2D eigenvalue weighted by atomic mass is 10.00. The van der Waals surface area contributed by atoms with Crippen LogP contribution in [0, 0.1) is 5.92 Å². The Balaban J connectivity index is 0.000000701. The maximum Gasteiger partial charge on any atom is 0.218 e. The molecule has 0 aliphatic heterocycles. The van der Waals surface area contributed by atoms with Gasteiger partial charge in [-0.3, -0.25) is 20.3 Å². The van der Waals surface area contributed by atoms with Crippen molar-refractivity contribution in [2.45, 2.75) is 79.1 Å². The van der Waals surface area contributed by atoms with E-state index >= 15 is 0 Å². The highest BCUT2D eigenvalue weighted by Gasteiger charge is 2.05. The molecule has 0 aliphatic rings. The number of anilines is 1. The van der Waals surface area contributed by atoms with E-state index in [2.05, 4.69) is 58.3 Å². The van der Waals surface area contributed by atoms with Gasteiger partial charge in [0, 0.05) is 30.3 Å². The van der Waals surface area contributed by atoms with Gasteiger partial charge in [-0.1, -0.05) is 71.4 Å². The number of nitrogens with zero attached hydrogens (tertiary/aromatic N) is 4. The van der Waals surface area contributed by atoms with Gasteiger partial charge in [-0.2, -0.15) is 4.99 Å². The molecule has 37 heavy (non-hydrogen) atoms. The van der Waals surface area contributed by atoms with Crippen molar-refractivity contribution >= 4 is 41.1 Å². The van der Waals surface area contributed by atoms with Crippen LogP contribution in [0.25, 0.3) is 0 Å². The minimum atomic E-state index is 0.183. The highest BCUT2D eigenvalue weighted by molar-refractivity contribution is 6.30. The van der Waals surface area contributed by atoms with E-state index in [1.54, 1.807) is 24.3 Å². The standard InChI is InChI=1S/C14H31N5.C12H18ClN5/c1-4-7-9-12(6-3)11-18-14(16)19-13(15)17-10-8-5-2;1-2-3-8-16-11(14)18-12(15)17-10-6-4-9(13)5-7-10/h12H,4-11H2,1-3H3,(H5,15,16,17,18,19);4-7H,2-3,8H2,1H3,(H5,14,15,16,17,18). The van der Waals surface area contributed by atoms with Gasteiger partial charge in [0.05, 0.1) is 0 Å². The number of halogens is 1. The van der Waals surface area contributed by atoms with Gasteiger partial charge in [-0.05, 0) is 49.4 Å². The third-order valence-electron chi connectivity index (χ3n) is 5.25. The molecular weight excluding hydrogens is 488 g/mol. The minimum absolute atomic E-state index is 0.183. The molecule has 10 nitrogen and oxygen atoms in total. The second kappa shape index (κ2) is 22.2. The van der Waals surface area contributed by atoms with Crippen LogP contribution in [0.1, 0.15) is 79.1 Å². The first-order chi connectivity index (χ1) is 17.7. The lowest BCUT2D eigenvalue weighted by Gasteiger charge is -2.12. The topological polar surface area (TPSA) is 178 Å². The van der Waals surface area contributed by atoms with Crippen molar-refractivity contribution in [3.05, 3.63) is 29.3 Å². The van der Waals surface area contributed by atoms with Gasteiger partial charge >= 0.3 is 0 Å². The summed E-state index contributed by atoms with van der Waals surface area (Å²) in [6.45, 7) is 10.8. The Morgan fingerprint density at radius 1 is 0.784 bits per heavy atom. The minimum Gasteiger partial charge on any atom is -0.370 e. The monoisotopic (exact) mass is 536 g/mol. The number of guanidine groups is 4. The van der Waals surface area contributed by atoms with E-state index < -0.39 is 0 Å². The third-order valence-corrected chi connectivity index (χ3v) is 5.50. The Morgan fingerprint density at radius 2 is 1.35 bits per heavy atom. The van der Waals surface area contributed by atoms with Gasteiger partial charge in [0.25, 0.3) is 0 Å². The summed E-state index contributed by atoms with van der Waals surface area (Å²) in [5.74, 6) is 1.72. The van der Waals surface area contributed by atoms with Crippen molar-refractivity contribution in [1.82, 2.24) is 5.32 Å². The van der Waals surface area contributed by atoms with Crippen molar-refractivity contribution in [2.75, 3.05) is 25.0 Å². The summed E-state index contributed by atoms with van der Waals surface area (Å²) >= 11 is 5.78. The Morgan fingerprint density at radius 3 is 1.92 bits per heavy atom. The van der Waals surface area contributed by atoms with Crippen LogP contribution < -0.4 is 33.6 Å². The molecule has 0 heterocycles. The predicted octanol–water partition coefficient (Wildman–Crippen LogP) is 4.40. The van der Waals surface area contributed by atoms with E-state index in [9.17, 15) is 0 Å². The maximum atomic E-state index is 5.79. The normalized spacial score (nSPS) is 13.5. The average Bonchev–Trinajstić information content (AvgIpc) is 2.86. The average molecular weight is 537 g/mol. The second-order valence-corrected chi connectivity index (χ2v) is 9.05. The fourth-order valence-electron chi connectivity index (χ4n) is 2.93. The smallest absolute Gasteiger partial charge is 0.218 e. The molecule has 1 rings (SSSR count). The van der Waals surface area contributed by atoms with E-state index in [4.69, 9.17) is 34.5 Å². The number of unbranched alkanes of at least 4 members (excludes halogenated alkanes) is 3. The van der Waals surface area contributed by atoms with E-state index in [0.717, 1.165) is 50.9 Å². The van der Waals surface area contributed by atoms with E-state index in [1.807, 2.05) is 0 Å². The number of hydrogen-bond acceptors (Lipinski definition) is 3. The van der Waals surface area contributed by atoms with Gasteiger partial charge < -0.3 is 28.3 Å². The van der Waals surface area contributed by atoms with Crippen molar-refractivity contribution < 1.29 is 0 Å². The van der Waals surface area contributed by atoms with E-state index in [-0.39, 0.29) is 11.9 Å². The van der Waals surface area contributed by atoms with Crippen LogP contribution in [0.2, 0.25) is 5.02 Å². The molecule has 1 aromatic rings. The summed E-state index contributed by atoms with van der Waals surface area (Å²) in [7, 11) is 0. The molecule has 0 saturated heterocycles. The van der Waals surface area contributed by atoms with Gasteiger partial charge in [-0.25, -0.2) is 0 Å². The van der Waals surface area contributed by atoms with Gasteiger partial charge in [0.1, 0.15) is 0 Å². The molecule has 11 heteroatoms. The van der Waals surface area contributed by atoms with Gasteiger partial charge in [0.15, 0.2) is 11.9 Å². The van der Waals surface area contributed by atoms with Crippen LogP contribution in [0.4, 0.5) is 5.69 Å². The quantitative estimate of drug-likeness (QED) is 0.123. The van der Waals surface area contributed by atoms with Crippen molar-refractivity contribution in [2.24, 2.45) is 48.8 Å². The van der Waals surface area contributed by atoms with E-state index in [0.29, 0.717) is 29.4 Å². The maximum absolute atomic E-state index is 5.79. The van der Waals surface area contributed by atoms with Crippen LogP contribution >= 0.6 is 11.6 Å². The summed E-state index contributed by atoms with van der Waals surface area (Å²) in [5, 5.41) is 6.39. The molecule has 0 amide bonds. The van der Waals surface area contributed by atoms with E-state index in [1.165, 1.54) is 19.3 Å². The fraction of sp³-hybridized carbons (Fsp3) is 0.615. The van der Waals surface area contributed by atoms with Crippen LogP contribution in [0.15, 0.2) is 44.2 Å². The van der Waals surface area contributed by atoms with Crippen LogP contribution in [0.5, 0.6) is 0 Å². The largest absolute Gasteiger partial charge is 0.370 e. The first kappa shape index (κ1) is 34.0. The first-order valence-electron chi connectivity index (χ1n) is 13.3. The Hall–Kier alpha value is -3.01. The molecule has 210 valence electrons. The molecule has 0 saturated carbocycles. The zero-order chi connectivity index (χ0) is 27.9. The highest BCUT2D eigenvalue weighted by atomic mass is 35.5. The summed E-state index contributed by atoms with van der Waals surface area (Å²) in [6, 6.07) is 7.12. The summed E-state index contributed by atoms with van der Waals surface area (Å²) in [5.41, 5.74) is 23.6. The van der Waals surface area contributed by atoms with Crippen LogP contribution in [-0.2, 0) is 0 Å². The second-order valence-electron chi connectivity index (χ2n) is 8.61. The molecule has 0 bridgehead atoms. The molecule has 1 unspecified atom stereocenters. The molecule has 1 aromatic carbocycles. The molecule has 0 radical (unpaired) electrons. The predicted molar refractivity (Wildman–Crippen MR) is 162 cm³/mol. The molecule has 0 fully saturated rings. The molecule has 10 N–H and O–H groups in total. The highest BCUT2D eigenvalue weighted by Crippen LogP contribution is 2.13. The number of hydrogen-bond donors (Lipinski definition) is 6. The number of aliphatic imine (C=N–C) groups is 4. The number of nitrogens with two attached hydrogens (primary N) is 4. The Kier molecular flexibility index (Phi) is 20.4. The van der Waals surface area contributed by atoms with Crippen molar-refractivity contribution in [3.8, 4) is 0 Å². The zero-order valence-electron chi connectivity index (χ0n) is 23.1.